The Bertz CT molecular complexity index is 586. The Morgan fingerprint density at radius 1 is 1.35 bits per heavy atom. The molecule has 20 heavy (non-hydrogen) atoms. The Morgan fingerprint density at radius 2 is 2.15 bits per heavy atom. The van der Waals surface area contributed by atoms with Crippen LogP contribution in [0, 0.1) is 5.82 Å². The molecule has 0 bridgehead atoms. The van der Waals surface area contributed by atoms with Crippen LogP contribution in [0.3, 0.4) is 0 Å². The quantitative estimate of drug-likeness (QED) is 0.905. The van der Waals surface area contributed by atoms with Crippen molar-refractivity contribution in [2.24, 2.45) is 0 Å². The summed E-state index contributed by atoms with van der Waals surface area (Å²) >= 11 is 0. The average molecular weight is 274 g/mol. The van der Waals surface area contributed by atoms with Gasteiger partial charge in [-0.05, 0) is 43.3 Å². The van der Waals surface area contributed by atoms with Crippen LogP contribution < -0.4 is 10.1 Å². The number of nitrogens with zero attached hydrogens (tertiary/aromatic N) is 1. The van der Waals surface area contributed by atoms with Crippen LogP contribution in [-0.2, 0) is 0 Å². The zero-order valence-electron chi connectivity index (χ0n) is 12.0. The molecule has 0 aliphatic carbocycles. The lowest BCUT2D eigenvalue weighted by molar-refractivity contribution is 0.414. The summed E-state index contributed by atoms with van der Waals surface area (Å²) in [6.45, 7) is 4.96. The van der Waals surface area contributed by atoms with Crippen LogP contribution in [0.5, 0.6) is 5.75 Å². The summed E-state index contributed by atoms with van der Waals surface area (Å²) in [5.41, 5.74) is 2.01. The third kappa shape index (κ3) is 2.96. The Labute approximate surface area is 118 Å². The average Bonchev–Trinajstić information content (AvgIpc) is 2.48. The summed E-state index contributed by atoms with van der Waals surface area (Å²) in [6, 6.07) is 8.81. The van der Waals surface area contributed by atoms with E-state index in [0.29, 0.717) is 17.0 Å². The fourth-order valence-electron chi connectivity index (χ4n) is 2.18. The summed E-state index contributed by atoms with van der Waals surface area (Å²) in [5.74, 6) is 0.272. The smallest absolute Gasteiger partial charge is 0.145 e. The van der Waals surface area contributed by atoms with E-state index in [4.69, 9.17) is 4.74 Å². The number of methoxy groups -OCH3 is 1. The van der Waals surface area contributed by atoms with E-state index in [9.17, 15) is 4.39 Å². The number of benzene rings is 1. The number of nitrogens with one attached hydrogen (secondary N) is 1. The van der Waals surface area contributed by atoms with Crippen molar-refractivity contribution >= 4 is 0 Å². The van der Waals surface area contributed by atoms with E-state index in [1.165, 1.54) is 6.07 Å². The topological polar surface area (TPSA) is 34.2 Å². The van der Waals surface area contributed by atoms with Gasteiger partial charge in [0.25, 0.3) is 0 Å². The molecule has 1 heterocycles. The summed E-state index contributed by atoms with van der Waals surface area (Å²) < 4.78 is 19.4. The standard InChI is InChI=1S/C16H19FN2O/c1-4-18-11(2)12-7-8-14(17)13(10-12)16-15(20-3)6-5-9-19-16/h5-11,18H,4H2,1-3H3. The molecule has 1 aromatic heterocycles. The first kappa shape index (κ1) is 14.5. The predicted molar refractivity (Wildman–Crippen MR) is 78.3 cm³/mol. The van der Waals surface area contributed by atoms with Gasteiger partial charge in [0, 0.05) is 17.8 Å². The van der Waals surface area contributed by atoms with Crippen LogP contribution in [0.1, 0.15) is 25.5 Å². The molecule has 2 aromatic rings. The fraction of sp³-hybridized carbons (Fsp3) is 0.312. The second kappa shape index (κ2) is 6.48. The van der Waals surface area contributed by atoms with Gasteiger partial charge < -0.3 is 10.1 Å². The van der Waals surface area contributed by atoms with Crippen molar-refractivity contribution in [3.8, 4) is 17.0 Å². The zero-order chi connectivity index (χ0) is 14.5. The van der Waals surface area contributed by atoms with Crippen molar-refractivity contribution in [2.45, 2.75) is 19.9 Å². The van der Waals surface area contributed by atoms with Gasteiger partial charge in [-0.15, -0.1) is 0 Å². The molecule has 4 heteroatoms. The van der Waals surface area contributed by atoms with Crippen LogP contribution in [0.2, 0.25) is 0 Å². The molecule has 0 aliphatic heterocycles. The molecular weight excluding hydrogens is 255 g/mol. The highest BCUT2D eigenvalue weighted by molar-refractivity contribution is 5.67. The number of hydrogen-bond donors (Lipinski definition) is 1. The number of rotatable bonds is 5. The minimum absolute atomic E-state index is 0.161. The first-order valence-corrected chi connectivity index (χ1v) is 6.69. The molecule has 0 radical (unpaired) electrons. The van der Waals surface area contributed by atoms with Crippen LogP contribution in [0.25, 0.3) is 11.3 Å². The maximum Gasteiger partial charge on any atom is 0.145 e. The van der Waals surface area contributed by atoms with E-state index < -0.39 is 0 Å². The molecule has 0 spiro atoms. The van der Waals surface area contributed by atoms with Gasteiger partial charge in [0.15, 0.2) is 0 Å². The predicted octanol–water partition coefficient (Wildman–Crippen LogP) is 3.57. The zero-order valence-corrected chi connectivity index (χ0v) is 12.0. The molecule has 0 aliphatic rings. The number of aromatic nitrogens is 1. The van der Waals surface area contributed by atoms with Gasteiger partial charge in [-0.1, -0.05) is 13.0 Å². The molecule has 0 saturated carbocycles. The van der Waals surface area contributed by atoms with Crippen LogP contribution in [0.4, 0.5) is 4.39 Å². The summed E-state index contributed by atoms with van der Waals surface area (Å²) in [4.78, 5) is 4.24. The highest BCUT2D eigenvalue weighted by Gasteiger charge is 2.14. The minimum atomic E-state index is -0.297. The van der Waals surface area contributed by atoms with Gasteiger partial charge in [0.05, 0.1) is 7.11 Å². The van der Waals surface area contributed by atoms with Crippen LogP contribution in [0.15, 0.2) is 36.5 Å². The molecule has 3 nitrogen and oxygen atoms in total. The van der Waals surface area contributed by atoms with Gasteiger partial charge in [-0.25, -0.2) is 4.39 Å². The summed E-state index contributed by atoms with van der Waals surface area (Å²) in [6.07, 6.45) is 1.64. The number of ether oxygens (including phenoxy) is 1. The van der Waals surface area contributed by atoms with Gasteiger partial charge in [0.1, 0.15) is 17.3 Å². The van der Waals surface area contributed by atoms with Gasteiger partial charge in [0.2, 0.25) is 0 Å². The Balaban J connectivity index is 2.48. The van der Waals surface area contributed by atoms with Crippen molar-refractivity contribution in [3.05, 3.63) is 47.9 Å². The van der Waals surface area contributed by atoms with E-state index in [0.717, 1.165) is 12.1 Å². The molecule has 0 saturated heterocycles. The van der Waals surface area contributed by atoms with Gasteiger partial charge in [-0.3, -0.25) is 4.98 Å². The van der Waals surface area contributed by atoms with Crippen LogP contribution >= 0.6 is 0 Å². The Kier molecular flexibility index (Phi) is 4.69. The largest absolute Gasteiger partial charge is 0.494 e. The third-order valence-electron chi connectivity index (χ3n) is 3.25. The maximum atomic E-state index is 14.1. The van der Waals surface area contributed by atoms with Crippen molar-refractivity contribution in [1.29, 1.82) is 0 Å². The third-order valence-corrected chi connectivity index (χ3v) is 3.25. The SMILES string of the molecule is CCNC(C)c1ccc(F)c(-c2ncccc2OC)c1. The fourth-order valence-corrected chi connectivity index (χ4v) is 2.18. The lowest BCUT2D eigenvalue weighted by Crippen LogP contribution is -2.17. The first-order chi connectivity index (χ1) is 9.67. The molecule has 1 N–H and O–H groups in total. The van der Waals surface area contributed by atoms with E-state index >= 15 is 0 Å². The molecule has 2 rings (SSSR count). The monoisotopic (exact) mass is 274 g/mol. The van der Waals surface area contributed by atoms with E-state index in [-0.39, 0.29) is 11.9 Å². The normalized spacial score (nSPS) is 12.2. The second-order valence-corrected chi connectivity index (χ2v) is 4.57. The van der Waals surface area contributed by atoms with Crippen molar-refractivity contribution in [3.63, 3.8) is 0 Å². The van der Waals surface area contributed by atoms with Gasteiger partial charge >= 0.3 is 0 Å². The van der Waals surface area contributed by atoms with E-state index in [1.54, 1.807) is 31.5 Å². The maximum absolute atomic E-state index is 14.1. The first-order valence-electron chi connectivity index (χ1n) is 6.69. The number of pyridine rings is 1. The minimum Gasteiger partial charge on any atom is -0.494 e. The Morgan fingerprint density at radius 3 is 2.85 bits per heavy atom. The molecule has 1 aromatic carbocycles. The van der Waals surface area contributed by atoms with Crippen molar-refractivity contribution in [1.82, 2.24) is 10.3 Å². The van der Waals surface area contributed by atoms with Gasteiger partial charge in [-0.2, -0.15) is 0 Å². The van der Waals surface area contributed by atoms with E-state index in [2.05, 4.69) is 17.2 Å². The van der Waals surface area contributed by atoms with E-state index in [1.807, 2.05) is 13.0 Å². The molecule has 106 valence electrons. The number of halogens is 1. The molecule has 1 unspecified atom stereocenters. The Hall–Kier alpha value is -1.94. The highest BCUT2D eigenvalue weighted by atomic mass is 19.1. The van der Waals surface area contributed by atoms with Crippen molar-refractivity contribution < 1.29 is 9.13 Å². The molecule has 0 fully saturated rings. The van der Waals surface area contributed by atoms with Crippen molar-refractivity contribution in [2.75, 3.05) is 13.7 Å². The lowest BCUT2D eigenvalue weighted by atomic mass is 10.0. The molecular formula is C16H19FN2O. The summed E-state index contributed by atoms with van der Waals surface area (Å²) in [5, 5.41) is 3.31. The molecule has 1 atom stereocenters. The number of hydrogen-bond acceptors (Lipinski definition) is 3. The van der Waals surface area contributed by atoms with Crippen LogP contribution in [-0.4, -0.2) is 18.6 Å². The lowest BCUT2D eigenvalue weighted by Gasteiger charge is -2.15. The highest BCUT2D eigenvalue weighted by Crippen LogP contribution is 2.31. The summed E-state index contributed by atoms with van der Waals surface area (Å²) in [7, 11) is 1.56. The second-order valence-electron chi connectivity index (χ2n) is 4.57. The molecule has 0 amide bonds.